The quantitative estimate of drug-likeness (QED) is 0.622. The van der Waals surface area contributed by atoms with Gasteiger partial charge in [0.25, 0.3) is 11.1 Å². The van der Waals surface area contributed by atoms with E-state index in [1.54, 1.807) is 35.6 Å². The number of fused-ring (bicyclic) bond motifs is 1. The van der Waals surface area contributed by atoms with Crippen molar-refractivity contribution >= 4 is 34.7 Å². The molecule has 0 aliphatic heterocycles. The lowest BCUT2D eigenvalue weighted by atomic mass is 9.90. The fraction of sp³-hybridized carbons (Fsp3) is 0.300. The first-order chi connectivity index (χ1) is 13.6. The Morgan fingerprint density at radius 2 is 2.21 bits per heavy atom. The Kier molecular flexibility index (Phi) is 5.46. The molecule has 1 N–H and O–H groups in total. The molecule has 142 valence electrons. The van der Waals surface area contributed by atoms with Crippen molar-refractivity contribution in [1.29, 1.82) is 5.26 Å². The van der Waals surface area contributed by atoms with E-state index < -0.39 is 0 Å². The number of nitriles is 1. The maximum atomic E-state index is 12.1. The molecular formula is C20H18N4O2S2. The van der Waals surface area contributed by atoms with E-state index in [4.69, 9.17) is 9.68 Å². The number of carbonyl (C=O) groups is 1. The van der Waals surface area contributed by atoms with Gasteiger partial charge in [-0.2, -0.15) is 5.26 Å². The predicted octanol–water partition coefficient (Wildman–Crippen LogP) is 4.53. The smallest absolute Gasteiger partial charge is 0.277 e. The van der Waals surface area contributed by atoms with Crippen molar-refractivity contribution in [3.05, 3.63) is 46.3 Å². The average Bonchev–Trinajstić information content (AvgIpc) is 3.33. The topological polar surface area (TPSA) is 91.8 Å². The van der Waals surface area contributed by atoms with E-state index >= 15 is 0 Å². The maximum absolute atomic E-state index is 12.1. The van der Waals surface area contributed by atoms with Crippen molar-refractivity contribution in [3.63, 3.8) is 0 Å². The fourth-order valence-corrected chi connectivity index (χ4v) is 4.82. The second kappa shape index (κ2) is 8.17. The Hall–Kier alpha value is -2.63. The minimum atomic E-state index is -0.171. The number of anilines is 1. The standard InChI is InChI=1S/C20H18N4O2S2/c1-12-2-7-16-14(8-12)9-17(28-16)19-23-24-20(26-19)27-11-18(25)22-15-5-3-13(10-21)4-6-15/h3-6,9,12H,2,7-8,11H2,1H3,(H,22,25). The number of carbonyl (C=O) groups excluding carboxylic acids is 1. The molecule has 1 atom stereocenters. The molecule has 6 nitrogen and oxygen atoms in total. The molecule has 1 amide bonds. The Morgan fingerprint density at radius 3 is 3.00 bits per heavy atom. The van der Waals surface area contributed by atoms with Crippen LogP contribution in [0.2, 0.25) is 0 Å². The number of hydrogen-bond donors (Lipinski definition) is 1. The van der Waals surface area contributed by atoms with Gasteiger partial charge in [0.15, 0.2) is 0 Å². The largest absolute Gasteiger partial charge is 0.410 e. The molecule has 0 radical (unpaired) electrons. The van der Waals surface area contributed by atoms with Crippen LogP contribution in [0.5, 0.6) is 0 Å². The first-order valence-corrected chi connectivity index (χ1v) is 10.8. The number of amides is 1. The van der Waals surface area contributed by atoms with E-state index in [2.05, 4.69) is 28.5 Å². The number of nitrogens with zero attached hydrogens (tertiary/aromatic N) is 3. The van der Waals surface area contributed by atoms with Crippen LogP contribution in [0.4, 0.5) is 5.69 Å². The Balaban J connectivity index is 1.34. The summed E-state index contributed by atoms with van der Waals surface area (Å²) in [4.78, 5) is 14.5. The van der Waals surface area contributed by atoms with Crippen LogP contribution < -0.4 is 5.32 Å². The van der Waals surface area contributed by atoms with E-state index in [0.717, 1.165) is 23.6 Å². The average molecular weight is 411 g/mol. The highest BCUT2D eigenvalue weighted by Crippen LogP contribution is 2.37. The van der Waals surface area contributed by atoms with Gasteiger partial charge in [-0.05, 0) is 61.1 Å². The lowest BCUT2D eigenvalue weighted by Gasteiger charge is -2.16. The summed E-state index contributed by atoms with van der Waals surface area (Å²) in [5.74, 6) is 1.23. The molecule has 28 heavy (non-hydrogen) atoms. The summed E-state index contributed by atoms with van der Waals surface area (Å²) < 4.78 is 5.74. The molecule has 3 aromatic rings. The lowest BCUT2D eigenvalue weighted by molar-refractivity contribution is -0.113. The van der Waals surface area contributed by atoms with E-state index in [1.807, 2.05) is 6.07 Å². The molecule has 1 aliphatic carbocycles. The summed E-state index contributed by atoms with van der Waals surface area (Å²) >= 11 is 2.93. The molecule has 4 rings (SSSR count). The highest BCUT2D eigenvalue weighted by atomic mass is 32.2. The summed E-state index contributed by atoms with van der Waals surface area (Å²) in [5.41, 5.74) is 2.60. The van der Waals surface area contributed by atoms with Gasteiger partial charge in [0.2, 0.25) is 5.91 Å². The van der Waals surface area contributed by atoms with Crippen molar-refractivity contribution in [2.45, 2.75) is 31.4 Å². The number of hydrogen-bond acceptors (Lipinski definition) is 7. The molecule has 1 aromatic carbocycles. The third-order valence-corrected chi connectivity index (χ3v) is 6.61. The zero-order valence-corrected chi connectivity index (χ0v) is 16.9. The number of thioether (sulfide) groups is 1. The van der Waals surface area contributed by atoms with Gasteiger partial charge in [-0.3, -0.25) is 4.79 Å². The van der Waals surface area contributed by atoms with Gasteiger partial charge >= 0.3 is 0 Å². The molecule has 0 fully saturated rings. The Bertz CT molecular complexity index is 1030. The zero-order valence-electron chi connectivity index (χ0n) is 15.3. The van der Waals surface area contributed by atoms with E-state index in [1.165, 1.54) is 28.6 Å². The summed E-state index contributed by atoms with van der Waals surface area (Å²) in [7, 11) is 0. The second-order valence-corrected chi connectivity index (χ2v) is 8.87. The van der Waals surface area contributed by atoms with Crippen molar-refractivity contribution in [2.24, 2.45) is 5.92 Å². The summed E-state index contributed by atoms with van der Waals surface area (Å²) in [5, 5.41) is 20.2. The van der Waals surface area contributed by atoms with Crippen molar-refractivity contribution in [2.75, 3.05) is 11.1 Å². The number of benzene rings is 1. The van der Waals surface area contributed by atoms with Crippen LogP contribution in [0.15, 0.2) is 40.0 Å². The van der Waals surface area contributed by atoms with Gasteiger partial charge in [0.05, 0.1) is 22.3 Å². The summed E-state index contributed by atoms with van der Waals surface area (Å²) in [6.07, 6.45) is 3.45. The Labute approximate surface area is 171 Å². The third kappa shape index (κ3) is 4.26. The van der Waals surface area contributed by atoms with Gasteiger partial charge < -0.3 is 9.73 Å². The fourth-order valence-electron chi connectivity index (χ4n) is 3.13. The highest BCUT2D eigenvalue weighted by molar-refractivity contribution is 7.99. The highest BCUT2D eigenvalue weighted by Gasteiger charge is 2.21. The SMILES string of the molecule is CC1CCc2sc(-c3nnc(SCC(=O)Nc4ccc(C#N)cc4)o3)cc2C1. The second-order valence-electron chi connectivity index (χ2n) is 6.81. The van der Waals surface area contributed by atoms with Gasteiger partial charge in [-0.15, -0.1) is 21.5 Å². The van der Waals surface area contributed by atoms with Crippen LogP contribution in [0, 0.1) is 17.2 Å². The molecule has 0 saturated heterocycles. The summed E-state index contributed by atoms with van der Waals surface area (Å²) in [6, 6.07) is 10.9. The molecule has 1 aliphatic rings. The third-order valence-electron chi connectivity index (χ3n) is 4.57. The van der Waals surface area contributed by atoms with Gasteiger partial charge in [0.1, 0.15) is 0 Å². The van der Waals surface area contributed by atoms with E-state index in [0.29, 0.717) is 22.4 Å². The number of thiophene rings is 1. The van der Waals surface area contributed by atoms with Crippen LogP contribution in [0.3, 0.4) is 0 Å². The van der Waals surface area contributed by atoms with Crippen molar-refractivity contribution in [1.82, 2.24) is 10.2 Å². The van der Waals surface area contributed by atoms with E-state index in [-0.39, 0.29) is 11.7 Å². The normalized spacial score (nSPS) is 15.6. The van der Waals surface area contributed by atoms with Crippen LogP contribution in [0.1, 0.15) is 29.3 Å². The molecule has 0 bridgehead atoms. The molecule has 2 aromatic heterocycles. The monoisotopic (exact) mass is 410 g/mol. The lowest BCUT2D eigenvalue weighted by Crippen LogP contribution is -2.13. The predicted molar refractivity (Wildman–Crippen MR) is 109 cm³/mol. The first-order valence-electron chi connectivity index (χ1n) is 8.99. The maximum Gasteiger partial charge on any atom is 0.277 e. The van der Waals surface area contributed by atoms with Crippen LogP contribution in [-0.4, -0.2) is 21.9 Å². The van der Waals surface area contributed by atoms with Crippen molar-refractivity contribution in [3.8, 4) is 16.8 Å². The number of nitrogens with one attached hydrogen (secondary N) is 1. The zero-order chi connectivity index (χ0) is 19.5. The minimum absolute atomic E-state index is 0.167. The van der Waals surface area contributed by atoms with Crippen LogP contribution in [0.25, 0.3) is 10.8 Å². The molecular weight excluding hydrogens is 392 g/mol. The van der Waals surface area contributed by atoms with Gasteiger partial charge in [-0.1, -0.05) is 18.7 Å². The molecule has 2 heterocycles. The minimum Gasteiger partial charge on any atom is -0.410 e. The van der Waals surface area contributed by atoms with Crippen molar-refractivity contribution < 1.29 is 9.21 Å². The Morgan fingerprint density at radius 1 is 1.39 bits per heavy atom. The number of aryl methyl sites for hydroxylation is 1. The van der Waals surface area contributed by atoms with Gasteiger partial charge in [0, 0.05) is 10.6 Å². The summed E-state index contributed by atoms with van der Waals surface area (Å²) in [6.45, 7) is 2.28. The first kappa shape index (κ1) is 18.7. The molecule has 0 spiro atoms. The molecule has 8 heteroatoms. The van der Waals surface area contributed by atoms with E-state index in [9.17, 15) is 4.79 Å². The molecule has 1 unspecified atom stereocenters. The number of rotatable bonds is 5. The van der Waals surface area contributed by atoms with Crippen LogP contribution in [-0.2, 0) is 17.6 Å². The molecule has 0 saturated carbocycles. The van der Waals surface area contributed by atoms with Crippen LogP contribution >= 0.6 is 23.1 Å². The number of aromatic nitrogens is 2. The van der Waals surface area contributed by atoms with Gasteiger partial charge in [-0.25, -0.2) is 0 Å².